The molecular formula is C25H38N2O4. The molecular weight excluding hydrogens is 392 g/mol. The predicted molar refractivity (Wildman–Crippen MR) is 122 cm³/mol. The molecule has 31 heavy (non-hydrogen) atoms. The van der Waals surface area contributed by atoms with Gasteiger partial charge in [-0.1, -0.05) is 58.0 Å². The van der Waals surface area contributed by atoms with Gasteiger partial charge in [-0.2, -0.15) is 0 Å². The van der Waals surface area contributed by atoms with Crippen molar-refractivity contribution in [1.29, 1.82) is 0 Å². The van der Waals surface area contributed by atoms with Gasteiger partial charge in [0.05, 0.1) is 24.1 Å². The molecule has 0 bridgehead atoms. The number of carbonyl (C=O) groups excluding carboxylic acids is 3. The minimum atomic E-state index is -0.596. The van der Waals surface area contributed by atoms with Crippen LogP contribution in [0.1, 0.15) is 59.4 Å². The van der Waals surface area contributed by atoms with Crippen LogP contribution in [-0.4, -0.2) is 54.3 Å². The van der Waals surface area contributed by atoms with E-state index in [1.807, 2.05) is 58.0 Å². The lowest BCUT2D eigenvalue weighted by atomic mass is 9.86. The number of ether oxygens (including phenoxy) is 1. The first-order chi connectivity index (χ1) is 14.5. The number of hydrogen-bond acceptors (Lipinski definition) is 4. The Balaban J connectivity index is 2.16. The second kappa shape index (κ2) is 10.9. The van der Waals surface area contributed by atoms with Gasteiger partial charge in [0.1, 0.15) is 0 Å². The molecule has 6 heteroatoms. The zero-order chi connectivity index (χ0) is 23.2. The number of benzene rings is 1. The van der Waals surface area contributed by atoms with Gasteiger partial charge in [-0.15, -0.1) is 0 Å². The highest BCUT2D eigenvalue weighted by atomic mass is 16.5. The van der Waals surface area contributed by atoms with E-state index in [0.717, 1.165) is 18.4 Å². The standard InChI is InChI=1S/C25H38N2O4/c1-17(23(31-6)21-13-10-14-27(21)18(2)28)24(30)26-20(22(29)16-25(3,4)5)15-19-11-8-7-9-12-19/h7-9,11-12,17,20-21,23H,10,13-16H2,1-6H3,(H,26,30)/t17-,20+,21+,23-/m1/s1. The van der Waals surface area contributed by atoms with Gasteiger partial charge in [-0.3, -0.25) is 14.4 Å². The summed E-state index contributed by atoms with van der Waals surface area (Å²) in [6.45, 7) is 10.1. The molecule has 2 rings (SSSR count). The van der Waals surface area contributed by atoms with Crippen molar-refractivity contribution in [2.24, 2.45) is 11.3 Å². The lowest BCUT2D eigenvalue weighted by Crippen LogP contribution is -2.52. The van der Waals surface area contributed by atoms with Crippen LogP contribution in [0.25, 0.3) is 0 Å². The van der Waals surface area contributed by atoms with Gasteiger partial charge in [0.25, 0.3) is 0 Å². The zero-order valence-electron chi connectivity index (χ0n) is 19.8. The van der Waals surface area contributed by atoms with Crippen LogP contribution in [-0.2, 0) is 25.5 Å². The fourth-order valence-corrected chi connectivity index (χ4v) is 4.41. The molecule has 1 N–H and O–H groups in total. The Labute approximate surface area is 186 Å². The van der Waals surface area contributed by atoms with Crippen LogP contribution in [0, 0.1) is 11.3 Å². The SMILES string of the molecule is CO[C@H]([C@@H](C)C(=O)N[C@@H](Cc1ccccc1)C(=O)CC(C)(C)C)[C@@H]1CCCN1C(C)=O. The summed E-state index contributed by atoms with van der Waals surface area (Å²) >= 11 is 0. The third-order valence-electron chi connectivity index (χ3n) is 5.95. The summed E-state index contributed by atoms with van der Waals surface area (Å²) in [7, 11) is 1.58. The number of methoxy groups -OCH3 is 1. The van der Waals surface area contributed by atoms with Gasteiger partial charge in [0.2, 0.25) is 11.8 Å². The fourth-order valence-electron chi connectivity index (χ4n) is 4.41. The van der Waals surface area contributed by atoms with E-state index in [0.29, 0.717) is 19.4 Å². The third kappa shape index (κ3) is 7.17. The number of nitrogens with one attached hydrogen (secondary N) is 1. The van der Waals surface area contributed by atoms with Crippen molar-refractivity contribution in [3.8, 4) is 0 Å². The number of nitrogens with zero attached hydrogens (tertiary/aromatic N) is 1. The molecule has 6 nitrogen and oxygen atoms in total. The van der Waals surface area contributed by atoms with E-state index < -0.39 is 18.1 Å². The summed E-state index contributed by atoms with van der Waals surface area (Å²) in [5.74, 6) is -0.683. The summed E-state index contributed by atoms with van der Waals surface area (Å²) in [6, 6.07) is 9.01. The average molecular weight is 431 g/mol. The van der Waals surface area contributed by atoms with Gasteiger partial charge in [0.15, 0.2) is 5.78 Å². The smallest absolute Gasteiger partial charge is 0.226 e. The lowest BCUT2D eigenvalue weighted by Gasteiger charge is -2.34. The van der Waals surface area contributed by atoms with Crippen LogP contribution in [0.5, 0.6) is 0 Å². The number of amides is 2. The number of ketones is 1. The molecule has 0 radical (unpaired) electrons. The van der Waals surface area contributed by atoms with E-state index in [2.05, 4.69) is 5.32 Å². The maximum atomic E-state index is 13.2. The number of rotatable bonds is 9. The van der Waals surface area contributed by atoms with Crippen LogP contribution in [0.2, 0.25) is 0 Å². The van der Waals surface area contributed by atoms with Crippen LogP contribution in [0.4, 0.5) is 0 Å². The second-order valence-corrected chi connectivity index (χ2v) is 9.87. The topological polar surface area (TPSA) is 75.7 Å². The molecule has 0 aromatic heterocycles. The summed E-state index contributed by atoms with van der Waals surface area (Å²) in [5.41, 5.74) is 0.841. The van der Waals surface area contributed by atoms with E-state index in [-0.39, 0.29) is 29.1 Å². The number of hydrogen-bond donors (Lipinski definition) is 1. The predicted octanol–water partition coefficient (Wildman–Crippen LogP) is 3.38. The Kier molecular flexibility index (Phi) is 8.80. The first kappa shape index (κ1) is 25.1. The van der Waals surface area contributed by atoms with E-state index >= 15 is 0 Å². The van der Waals surface area contributed by atoms with Crippen LogP contribution >= 0.6 is 0 Å². The molecule has 0 unspecified atom stereocenters. The Morgan fingerprint density at radius 3 is 2.39 bits per heavy atom. The first-order valence-electron chi connectivity index (χ1n) is 11.2. The van der Waals surface area contributed by atoms with Crippen molar-refractivity contribution in [1.82, 2.24) is 10.2 Å². The van der Waals surface area contributed by atoms with E-state index in [1.165, 1.54) is 0 Å². The van der Waals surface area contributed by atoms with Gasteiger partial charge in [-0.25, -0.2) is 0 Å². The molecule has 1 saturated heterocycles. The second-order valence-electron chi connectivity index (χ2n) is 9.87. The summed E-state index contributed by atoms with van der Waals surface area (Å²) in [4.78, 5) is 40.1. The minimum absolute atomic E-state index is 0.000493. The molecule has 4 atom stereocenters. The Hall–Kier alpha value is -2.21. The minimum Gasteiger partial charge on any atom is -0.378 e. The maximum absolute atomic E-state index is 13.2. The van der Waals surface area contributed by atoms with Crippen molar-refractivity contribution >= 4 is 17.6 Å². The normalized spacial score (nSPS) is 19.5. The largest absolute Gasteiger partial charge is 0.378 e. The van der Waals surface area contributed by atoms with Gasteiger partial charge >= 0.3 is 0 Å². The molecule has 0 aliphatic carbocycles. The zero-order valence-corrected chi connectivity index (χ0v) is 19.8. The Morgan fingerprint density at radius 2 is 1.84 bits per heavy atom. The quantitative estimate of drug-likeness (QED) is 0.652. The van der Waals surface area contributed by atoms with Gasteiger partial charge in [0, 0.05) is 27.0 Å². The highest BCUT2D eigenvalue weighted by Gasteiger charge is 2.39. The highest BCUT2D eigenvalue weighted by Crippen LogP contribution is 2.27. The number of likely N-dealkylation sites (tertiary alicyclic amines) is 1. The third-order valence-corrected chi connectivity index (χ3v) is 5.95. The van der Waals surface area contributed by atoms with Crippen molar-refractivity contribution in [3.63, 3.8) is 0 Å². The van der Waals surface area contributed by atoms with Gasteiger partial charge in [-0.05, 0) is 30.2 Å². The summed E-state index contributed by atoms with van der Waals surface area (Å²) in [6.07, 6.45) is 2.13. The van der Waals surface area contributed by atoms with E-state index in [4.69, 9.17) is 4.74 Å². The van der Waals surface area contributed by atoms with Crippen LogP contribution in [0.15, 0.2) is 30.3 Å². The summed E-state index contributed by atoms with van der Waals surface area (Å²) < 4.78 is 5.70. The first-order valence-corrected chi connectivity index (χ1v) is 11.2. The van der Waals surface area contributed by atoms with Gasteiger partial charge < -0.3 is 15.0 Å². The molecule has 1 aliphatic rings. The molecule has 0 spiro atoms. The molecule has 1 aromatic rings. The molecule has 0 saturated carbocycles. The molecule has 1 aromatic carbocycles. The van der Waals surface area contributed by atoms with Crippen LogP contribution in [0.3, 0.4) is 0 Å². The number of carbonyl (C=O) groups is 3. The van der Waals surface area contributed by atoms with E-state index in [9.17, 15) is 14.4 Å². The highest BCUT2D eigenvalue weighted by molar-refractivity contribution is 5.90. The maximum Gasteiger partial charge on any atom is 0.226 e. The molecule has 1 heterocycles. The fraction of sp³-hybridized carbons (Fsp3) is 0.640. The van der Waals surface area contributed by atoms with Crippen molar-refractivity contribution in [2.45, 2.75) is 78.5 Å². The van der Waals surface area contributed by atoms with Crippen molar-refractivity contribution in [3.05, 3.63) is 35.9 Å². The monoisotopic (exact) mass is 430 g/mol. The van der Waals surface area contributed by atoms with Crippen molar-refractivity contribution in [2.75, 3.05) is 13.7 Å². The summed E-state index contributed by atoms with van der Waals surface area (Å²) in [5, 5.41) is 3.00. The molecule has 2 amide bonds. The average Bonchev–Trinajstić information content (AvgIpc) is 3.17. The molecule has 1 aliphatic heterocycles. The Bertz CT molecular complexity index is 757. The Morgan fingerprint density at radius 1 is 1.19 bits per heavy atom. The molecule has 1 fully saturated rings. The van der Waals surface area contributed by atoms with Crippen LogP contribution < -0.4 is 5.32 Å². The van der Waals surface area contributed by atoms with E-state index in [1.54, 1.807) is 18.9 Å². The molecule has 172 valence electrons. The number of Topliss-reactive ketones (excluding diaryl/α,β-unsaturated/α-hetero) is 1. The lowest BCUT2D eigenvalue weighted by molar-refractivity contribution is -0.139. The van der Waals surface area contributed by atoms with Crippen molar-refractivity contribution < 1.29 is 19.1 Å².